The Morgan fingerprint density at radius 2 is 1.36 bits per heavy atom. The molecule has 9 nitrogen and oxygen atoms in total. The van der Waals surface area contributed by atoms with Crippen molar-refractivity contribution in [2.24, 2.45) is 17.6 Å². The number of hydrogen-bond acceptors (Lipinski definition) is 6. The van der Waals surface area contributed by atoms with Crippen molar-refractivity contribution in [3.05, 3.63) is 78.4 Å². The SMILES string of the molecule is CC[C@H](C)[C@H](N)CN(C(=O)[C@@H]1C[C@H]1c1cccc(F)n1)c1ccc(-c2ccc(OC(C)C)cc2)cc1.O=C(O)C(F)(F)F.O=C(O)C(F)(F)F. The minimum Gasteiger partial charge on any atom is -0.491 e. The van der Waals surface area contributed by atoms with E-state index in [1.165, 1.54) is 6.07 Å². The van der Waals surface area contributed by atoms with E-state index in [-0.39, 0.29) is 35.8 Å². The van der Waals surface area contributed by atoms with Gasteiger partial charge >= 0.3 is 24.3 Å². The van der Waals surface area contributed by atoms with Crippen LogP contribution in [0.2, 0.25) is 0 Å². The maximum atomic E-state index is 13.6. The topological polar surface area (TPSA) is 143 Å². The molecule has 4 rings (SSSR count). The van der Waals surface area contributed by atoms with Crippen LogP contribution in [0.5, 0.6) is 5.75 Å². The number of aromatic nitrogens is 1. The van der Waals surface area contributed by atoms with Crippen molar-refractivity contribution in [2.75, 3.05) is 11.4 Å². The first-order valence-electron chi connectivity index (χ1n) is 15.3. The summed E-state index contributed by atoms with van der Waals surface area (Å²) in [5, 5.41) is 14.2. The van der Waals surface area contributed by atoms with Crippen LogP contribution in [0.15, 0.2) is 66.7 Å². The molecule has 0 saturated heterocycles. The highest BCUT2D eigenvalue weighted by Crippen LogP contribution is 2.48. The normalized spacial score (nSPS) is 16.5. The molecule has 3 aromatic rings. The highest BCUT2D eigenvalue weighted by Gasteiger charge is 2.47. The van der Waals surface area contributed by atoms with E-state index in [1.54, 1.807) is 12.1 Å². The lowest BCUT2D eigenvalue weighted by Gasteiger charge is -2.29. The highest BCUT2D eigenvalue weighted by molar-refractivity contribution is 5.97. The second kappa shape index (κ2) is 17.8. The number of benzene rings is 2. The lowest BCUT2D eigenvalue weighted by molar-refractivity contribution is -0.193. The molecule has 4 atom stereocenters. The summed E-state index contributed by atoms with van der Waals surface area (Å²) < 4.78 is 82.8. The molecule has 1 aliphatic rings. The van der Waals surface area contributed by atoms with Crippen molar-refractivity contribution in [3.63, 3.8) is 0 Å². The summed E-state index contributed by atoms with van der Waals surface area (Å²) in [6.45, 7) is 8.67. The first-order valence-corrected chi connectivity index (χ1v) is 15.3. The van der Waals surface area contributed by atoms with Crippen molar-refractivity contribution >= 4 is 23.5 Å². The number of halogens is 7. The zero-order chi connectivity index (χ0) is 38.0. The second-order valence-electron chi connectivity index (χ2n) is 11.7. The van der Waals surface area contributed by atoms with E-state index >= 15 is 0 Å². The summed E-state index contributed by atoms with van der Waals surface area (Å²) in [5.41, 5.74) is 10.1. The largest absolute Gasteiger partial charge is 0.491 e. The van der Waals surface area contributed by atoms with Gasteiger partial charge in [-0.15, -0.1) is 0 Å². The molecule has 1 amide bonds. The van der Waals surface area contributed by atoms with E-state index in [0.717, 1.165) is 29.0 Å². The third-order valence-electron chi connectivity index (χ3n) is 7.48. The average Bonchev–Trinajstić information content (AvgIpc) is 3.84. The molecule has 50 heavy (non-hydrogen) atoms. The molecule has 1 saturated carbocycles. The van der Waals surface area contributed by atoms with Gasteiger partial charge in [-0.1, -0.05) is 50.6 Å². The Morgan fingerprint density at radius 3 is 1.78 bits per heavy atom. The maximum Gasteiger partial charge on any atom is 0.490 e. The van der Waals surface area contributed by atoms with Crippen LogP contribution in [0.1, 0.15) is 52.1 Å². The Balaban J connectivity index is 0.000000521. The third kappa shape index (κ3) is 12.9. The minimum atomic E-state index is -5.08. The molecule has 4 N–H and O–H groups in total. The Bertz CT molecular complexity index is 1540. The Hall–Kier alpha value is -4.73. The number of ether oxygens (including phenoxy) is 1. The molecule has 1 heterocycles. The van der Waals surface area contributed by atoms with Gasteiger partial charge in [0.2, 0.25) is 11.9 Å². The molecule has 0 unspecified atom stereocenters. The lowest BCUT2D eigenvalue weighted by atomic mass is 9.99. The van der Waals surface area contributed by atoms with Gasteiger partial charge in [0, 0.05) is 35.8 Å². The van der Waals surface area contributed by atoms with Gasteiger partial charge in [-0.3, -0.25) is 4.79 Å². The molecule has 0 bridgehead atoms. The number of carboxylic acids is 2. The number of hydrogen-bond donors (Lipinski definition) is 3. The number of carbonyl (C=O) groups excluding carboxylic acids is 1. The molecule has 274 valence electrons. The fourth-order valence-electron chi connectivity index (χ4n) is 4.47. The fraction of sp³-hybridized carbons (Fsp3) is 0.412. The predicted octanol–water partition coefficient (Wildman–Crippen LogP) is 7.45. The van der Waals surface area contributed by atoms with Crippen LogP contribution in [-0.2, 0) is 14.4 Å². The van der Waals surface area contributed by atoms with Gasteiger partial charge in [0.15, 0.2) is 0 Å². The molecule has 0 radical (unpaired) electrons. The zero-order valence-electron chi connectivity index (χ0n) is 27.5. The molecule has 1 aromatic heterocycles. The second-order valence-corrected chi connectivity index (χ2v) is 11.7. The average molecular weight is 718 g/mol. The van der Waals surface area contributed by atoms with Gasteiger partial charge in [-0.25, -0.2) is 14.6 Å². The maximum absolute atomic E-state index is 13.6. The van der Waals surface area contributed by atoms with Crippen molar-refractivity contribution in [1.82, 2.24) is 4.98 Å². The smallest absolute Gasteiger partial charge is 0.490 e. The summed E-state index contributed by atoms with van der Waals surface area (Å²) in [4.78, 5) is 37.2. The Morgan fingerprint density at radius 1 is 0.880 bits per heavy atom. The number of carboxylic acid groups (broad SMARTS) is 2. The van der Waals surface area contributed by atoms with Crippen LogP contribution >= 0.6 is 0 Å². The molecule has 1 aliphatic carbocycles. The van der Waals surface area contributed by atoms with Crippen molar-refractivity contribution in [1.29, 1.82) is 0 Å². The van der Waals surface area contributed by atoms with Crippen LogP contribution in [-0.4, -0.2) is 64.1 Å². The first-order chi connectivity index (χ1) is 23.1. The van der Waals surface area contributed by atoms with Gasteiger partial charge in [0.05, 0.1) is 6.10 Å². The van der Waals surface area contributed by atoms with Crippen molar-refractivity contribution in [3.8, 4) is 16.9 Å². The zero-order valence-corrected chi connectivity index (χ0v) is 27.5. The molecule has 0 aliphatic heterocycles. The van der Waals surface area contributed by atoms with Gasteiger partial charge in [-0.2, -0.15) is 30.7 Å². The number of alkyl halides is 6. The highest BCUT2D eigenvalue weighted by atomic mass is 19.4. The third-order valence-corrected chi connectivity index (χ3v) is 7.48. The van der Waals surface area contributed by atoms with E-state index in [0.29, 0.717) is 18.7 Å². The summed E-state index contributed by atoms with van der Waals surface area (Å²) >= 11 is 0. The predicted molar refractivity (Wildman–Crippen MR) is 170 cm³/mol. The number of carbonyl (C=O) groups is 3. The quantitative estimate of drug-likeness (QED) is 0.145. The lowest BCUT2D eigenvalue weighted by Crippen LogP contribution is -2.45. The summed E-state index contributed by atoms with van der Waals surface area (Å²) in [6, 6.07) is 20.7. The monoisotopic (exact) mass is 717 g/mol. The van der Waals surface area contributed by atoms with Gasteiger partial charge in [0.25, 0.3) is 0 Å². The van der Waals surface area contributed by atoms with Crippen molar-refractivity contribution in [2.45, 2.75) is 71.0 Å². The summed E-state index contributed by atoms with van der Waals surface area (Å²) in [6.07, 6.45) is -8.42. The summed E-state index contributed by atoms with van der Waals surface area (Å²) in [5.74, 6) is -5.15. The Labute approximate surface area is 283 Å². The number of rotatable bonds is 10. The van der Waals surface area contributed by atoms with Crippen LogP contribution in [0.25, 0.3) is 11.1 Å². The first kappa shape index (κ1) is 41.4. The number of aliphatic carboxylic acids is 2. The van der Waals surface area contributed by atoms with Crippen LogP contribution in [0.3, 0.4) is 0 Å². The molecular formula is C34H38F7N3O6. The number of pyridine rings is 1. The van der Waals surface area contributed by atoms with Gasteiger partial charge < -0.3 is 25.6 Å². The van der Waals surface area contributed by atoms with E-state index in [9.17, 15) is 35.5 Å². The molecule has 2 aromatic carbocycles. The fourth-order valence-corrected chi connectivity index (χ4v) is 4.47. The number of amides is 1. The van der Waals surface area contributed by atoms with E-state index in [2.05, 4.69) is 18.8 Å². The van der Waals surface area contributed by atoms with Gasteiger partial charge in [-0.05, 0) is 73.7 Å². The van der Waals surface area contributed by atoms with Gasteiger partial charge in [0.1, 0.15) is 5.75 Å². The van der Waals surface area contributed by atoms with Crippen LogP contribution in [0.4, 0.5) is 36.4 Å². The van der Waals surface area contributed by atoms with E-state index in [4.69, 9.17) is 30.3 Å². The molecular weight excluding hydrogens is 679 g/mol. The standard InChI is InChI=1S/C30H36FN3O2.2C2HF3O2/c1-5-20(4)27(32)18-34(30(35)26-17-25(26)28-7-6-8-29(31)33-28)23-13-9-21(10-14-23)22-11-15-24(16-12-22)36-19(2)3;2*3-2(4,5)1(6)7/h6-16,19-20,25-27H,5,17-18,32H2,1-4H3;2*(H,6,7)/t20-,25+,26+,27+;;/m0../s1. The van der Waals surface area contributed by atoms with Crippen LogP contribution in [0, 0.1) is 17.8 Å². The molecule has 1 fully saturated rings. The van der Waals surface area contributed by atoms with Crippen molar-refractivity contribution < 1.29 is 60.1 Å². The minimum absolute atomic E-state index is 0.0211. The molecule has 16 heteroatoms. The Kier molecular flexibility index (Phi) is 14.7. The molecule has 0 spiro atoms. The number of nitrogens with zero attached hydrogens (tertiary/aromatic N) is 2. The number of nitrogens with two attached hydrogens (primary N) is 1. The van der Waals surface area contributed by atoms with E-state index in [1.807, 2.05) is 67.3 Å². The van der Waals surface area contributed by atoms with Crippen LogP contribution < -0.4 is 15.4 Å². The number of anilines is 1. The summed E-state index contributed by atoms with van der Waals surface area (Å²) in [7, 11) is 0. The van der Waals surface area contributed by atoms with E-state index < -0.39 is 30.2 Å².